The van der Waals surface area contributed by atoms with Crippen LogP contribution in [0, 0.1) is 0 Å². The van der Waals surface area contributed by atoms with Crippen LogP contribution in [-0.4, -0.2) is 17.1 Å². The van der Waals surface area contributed by atoms with Crippen molar-refractivity contribution in [1.29, 1.82) is 0 Å². The molecule has 0 amide bonds. The summed E-state index contributed by atoms with van der Waals surface area (Å²) in [7, 11) is 1.60. The summed E-state index contributed by atoms with van der Waals surface area (Å²) in [6.45, 7) is 0.383. The number of nitrogens with two attached hydrogens (primary N) is 1. The van der Waals surface area contributed by atoms with Crippen molar-refractivity contribution in [2.75, 3.05) is 12.5 Å². The van der Waals surface area contributed by atoms with Crippen LogP contribution in [0.1, 0.15) is 5.69 Å². The molecule has 1 heterocycles. The van der Waals surface area contributed by atoms with Gasteiger partial charge in [-0.1, -0.05) is 11.6 Å². The van der Waals surface area contributed by atoms with E-state index in [1.54, 1.807) is 19.2 Å². The van der Waals surface area contributed by atoms with E-state index in [4.69, 9.17) is 22.2 Å². The second-order valence-electron chi connectivity index (χ2n) is 3.77. The maximum Gasteiger partial charge on any atom is 0.161 e. The van der Waals surface area contributed by atoms with Gasteiger partial charge in [-0.15, -0.1) is 0 Å². The Morgan fingerprint density at radius 2 is 2.16 bits per heavy atom. The number of rotatable bonds is 4. The van der Waals surface area contributed by atoms with Crippen molar-refractivity contribution >= 4 is 33.3 Å². The highest BCUT2D eigenvalue weighted by molar-refractivity contribution is 9.10. The Labute approximate surface area is 124 Å². The highest BCUT2D eigenvalue weighted by Gasteiger charge is 2.08. The summed E-state index contributed by atoms with van der Waals surface area (Å²) in [5.74, 6) is 6.46. The molecule has 0 fully saturated rings. The fourth-order valence-corrected chi connectivity index (χ4v) is 1.98. The molecule has 3 N–H and O–H groups in total. The number of hydrogen-bond donors (Lipinski definition) is 2. The van der Waals surface area contributed by atoms with Gasteiger partial charge < -0.3 is 10.2 Å². The summed E-state index contributed by atoms with van der Waals surface area (Å²) in [5.41, 5.74) is 4.06. The lowest BCUT2D eigenvalue weighted by atomic mass is 10.2. The monoisotopic (exact) mass is 342 g/mol. The fraction of sp³-hybridized carbons (Fsp3) is 0.167. The quantitative estimate of drug-likeness (QED) is 0.659. The van der Waals surface area contributed by atoms with Gasteiger partial charge in [0.1, 0.15) is 5.82 Å². The van der Waals surface area contributed by atoms with Gasteiger partial charge >= 0.3 is 0 Å². The van der Waals surface area contributed by atoms with Gasteiger partial charge in [0.15, 0.2) is 5.82 Å². The van der Waals surface area contributed by atoms with Gasteiger partial charge in [0, 0.05) is 23.2 Å². The minimum absolute atomic E-state index is 0.383. The molecule has 0 aliphatic carbocycles. The third kappa shape index (κ3) is 3.42. The Morgan fingerprint density at radius 3 is 2.79 bits per heavy atom. The van der Waals surface area contributed by atoms with Crippen molar-refractivity contribution in [2.24, 2.45) is 5.84 Å². The first kappa shape index (κ1) is 14.2. The normalized spacial score (nSPS) is 10.5. The molecule has 2 rings (SSSR count). The lowest BCUT2D eigenvalue weighted by Gasteiger charge is -2.08. The van der Waals surface area contributed by atoms with Gasteiger partial charge in [-0.2, -0.15) is 0 Å². The molecular weight excluding hydrogens is 332 g/mol. The maximum absolute atomic E-state index is 6.07. The fourth-order valence-electron chi connectivity index (χ4n) is 1.56. The van der Waals surface area contributed by atoms with E-state index in [-0.39, 0.29) is 0 Å². The molecular formula is C12H12BrClN4O. The number of nitrogen functional groups attached to an aromatic ring is 1. The van der Waals surface area contributed by atoms with E-state index < -0.39 is 0 Å². The molecule has 7 heteroatoms. The van der Waals surface area contributed by atoms with Gasteiger partial charge in [0.25, 0.3) is 0 Å². The highest BCUT2D eigenvalue weighted by atomic mass is 79.9. The van der Waals surface area contributed by atoms with E-state index >= 15 is 0 Å². The van der Waals surface area contributed by atoms with E-state index in [0.717, 1.165) is 15.7 Å². The molecule has 0 spiro atoms. The largest absolute Gasteiger partial charge is 0.378 e. The zero-order chi connectivity index (χ0) is 13.8. The highest BCUT2D eigenvalue weighted by Crippen LogP contribution is 2.27. The average Bonchev–Trinajstić information content (AvgIpc) is 2.42. The SMILES string of the molecule is COCc1cc(NN)nc(-c2ccc(Br)c(Cl)c2)n1. The molecule has 100 valence electrons. The molecule has 0 bridgehead atoms. The van der Waals surface area contributed by atoms with Crippen LogP contribution in [0.5, 0.6) is 0 Å². The van der Waals surface area contributed by atoms with Crippen molar-refractivity contribution in [3.8, 4) is 11.4 Å². The van der Waals surface area contributed by atoms with Crippen LogP contribution in [0.3, 0.4) is 0 Å². The van der Waals surface area contributed by atoms with Crippen LogP contribution in [-0.2, 0) is 11.3 Å². The van der Waals surface area contributed by atoms with Crippen molar-refractivity contribution in [1.82, 2.24) is 9.97 Å². The number of ether oxygens (including phenoxy) is 1. The number of anilines is 1. The molecule has 0 radical (unpaired) electrons. The Kier molecular flexibility index (Phi) is 4.71. The van der Waals surface area contributed by atoms with Gasteiger partial charge in [0.2, 0.25) is 0 Å². The van der Waals surface area contributed by atoms with Gasteiger partial charge in [0.05, 0.1) is 17.3 Å². The van der Waals surface area contributed by atoms with Crippen molar-refractivity contribution in [3.05, 3.63) is 39.5 Å². The smallest absolute Gasteiger partial charge is 0.161 e. The second kappa shape index (κ2) is 6.29. The zero-order valence-electron chi connectivity index (χ0n) is 10.2. The predicted molar refractivity (Wildman–Crippen MR) is 78.7 cm³/mol. The number of benzene rings is 1. The third-order valence-electron chi connectivity index (χ3n) is 2.40. The minimum Gasteiger partial charge on any atom is -0.378 e. The number of aromatic nitrogens is 2. The van der Waals surface area contributed by atoms with Crippen LogP contribution in [0.2, 0.25) is 5.02 Å². The van der Waals surface area contributed by atoms with Crippen molar-refractivity contribution in [2.45, 2.75) is 6.61 Å². The van der Waals surface area contributed by atoms with Crippen molar-refractivity contribution in [3.63, 3.8) is 0 Å². The first-order valence-corrected chi connectivity index (χ1v) is 6.60. The van der Waals surface area contributed by atoms with Gasteiger partial charge in [-0.05, 0) is 34.1 Å². The maximum atomic E-state index is 6.07. The standard InChI is InChI=1S/C12H12BrClN4O/c1-19-6-8-5-11(18-15)17-12(16-8)7-2-3-9(13)10(14)4-7/h2-5H,6,15H2,1H3,(H,16,17,18). The summed E-state index contributed by atoms with van der Waals surface area (Å²) < 4.78 is 5.89. The number of nitrogens with one attached hydrogen (secondary N) is 1. The molecule has 2 aromatic rings. The summed E-state index contributed by atoms with van der Waals surface area (Å²) in [6.07, 6.45) is 0. The van der Waals surface area contributed by atoms with E-state index in [2.05, 4.69) is 31.3 Å². The van der Waals surface area contributed by atoms with E-state index in [9.17, 15) is 0 Å². The van der Waals surface area contributed by atoms with Crippen molar-refractivity contribution < 1.29 is 4.74 Å². The van der Waals surface area contributed by atoms with Crippen LogP contribution in [0.25, 0.3) is 11.4 Å². The lowest BCUT2D eigenvalue weighted by Crippen LogP contribution is -2.10. The lowest BCUT2D eigenvalue weighted by molar-refractivity contribution is 0.181. The number of hydrazine groups is 1. The molecule has 19 heavy (non-hydrogen) atoms. The molecule has 1 aromatic carbocycles. The molecule has 0 saturated carbocycles. The van der Waals surface area contributed by atoms with Gasteiger partial charge in [-0.25, -0.2) is 15.8 Å². The molecule has 0 aliphatic heterocycles. The number of nitrogens with zero attached hydrogens (tertiary/aromatic N) is 2. The Bertz CT molecular complexity index is 594. The molecule has 0 atom stereocenters. The van der Waals surface area contributed by atoms with Crippen LogP contribution in [0.15, 0.2) is 28.7 Å². The Balaban J connectivity index is 2.47. The van der Waals surface area contributed by atoms with E-state index in [0.29, 0.717) is 23.3 Å². The summed E-state index contributed by atoms with van der Waals surface area (Å²) in [6, 6.07) is 7.24. The average molecular weight is 344 g/mol. The third-order valence-corrected chi connectivity index (χ3v) is 3.63. The summed E-state index contributed by atoms with van der Waals surface area (Å²) in [4.78, 5) is 8.70. The first-order valence-electron chi connectivity index (χ1n) is 5.43. The Hall–Kier alpha value is -1.21. The van der Waals surface area contributed by atoms with E-state index in [1.807, 2.05) is 12.1 Å². The number of methoxy groups -OCH3 is 1. The minimum atomic E-state index is 0.383. The molecule has 1 aromatic heterocycles. The zero-order valence-corrected chi connectivity index (χ0v) is 12.5. The topological polar surface area (TPSA) is 73.1 Å². The number of hydrogen-bond acceptors (Lipinski definition) is 5. The second-order valence-corrected chi connectivity index (χ2v) is 5.04. The molecule has 0 saturated heterocycles. The first-order chi connectivity index (χ1) is 9.13. The van der Waals surface area contributed by atoms with Gasteiger partial charge in [-0.3, -0.25) is 0 Å². The number of halogens is 2. The van der Waals surface area contributed by atoms with E-state index in [1.165, 1.54) is 0 Å². The molecule has 0 unspecified atom stereocenters. The van der Waals surface area contributed by atoms with Crippen LogP contribution in [0.4, 0.5) is 5.82 Å². The molecule has 0 aliphatic rings. The van der Waals surface area contributed by atoms with Crippen LogP contribution < -0.4 is 11.3 Å². The summed E-state index contributed by atoms with van der Waals surface area (Å²) >= 11 is 9.42. The summed E-state index contributed by atoms with van der Waals surface area (Å²) in [5, 5.41) is 0.598. The van der Waals surface area contributed by atoms with Crippen LogP contribution >= 0.6 is 27.5 Å². The predicted octanol–water partition coefficient (Wildman–Crippen LogP) is 2.99. The molecule has 5 nitrogen and oxygen atoms in total. The Morgan fingerprint density at radius 1 is 1.37 bits per heavy atom.